The Balaban J connectivity index is 1.65. The minimum atomic E-state index is -5.93. The van der Waals surface area contributed by atoms with E-state index in [-0.39, 0.29) is 11.3 Å². The van der Waals surface area contributed by atoms with Crippen molar-refractivity contribution in [1.29, 1.82) is 0 Å². The number of rotatable bonds is 12. The van der Waals surface area contributed by atoms with Crippen molar-refractivity contribution in [1.82, 2.24) is 0 Å². The van der Waals surface area contributed by atoms with Crippen LogP contribution in [-0.2, 0) is 23.0 Å². The fourth-order valence-corrected chi connectivity index (χ4v) is 5.14. The van der Waals surface area contributed by atoms with Gasteiger partial charge in [0.1, 0.15) is 23.0 Å². The number of halogens is 3. The first-order valence-corrected chi connectivity index (χ1v) is 14.7. The molecule has 0 radical (unpaired) electrons. The second kappa shape index (κ2) is 13.3. The highest BCUT2D eigenvalue weighted by molar-refractivity contribution is 7.88. The third kappa shape index (κ3) is 6.94. The van der Waals surface area contributed by atoms with E-state index in [2.05, 4.69) is 10.8 Å². The molecule has 0 atom stereocenters. The van der Waals surface area contributed by atoms with Gasteiger partial charge >= 0.3 is 15.6 Å². The molecule has 4 aromatic rings. The van der Waals surface area contributed by atoms with E-state index in [9.17, 15) is 21.6 Å². The molecule has 4 rings (SSSR count). The zero-order valence-electron chi connectivity index (χ0n) is 24.5. The molecule has 0 aliphatic rings. The molecule has 0 aliphatic carbocycles. The fourth-order valence-electron chi connectivity index (χ4n) is 4.67. The van der Waals surface area contributed by atoms with E-state index in [1.807, 2.05) is 36.4 Å². The van der Waals surface area contributed by atoms with Gasteiger partial charge in [0.2, 0.25) is 0 Å². The summed E-state index contributed by atoms with van der Waals surface area (Å²) in [7, 11) is -0.00126. The summed E-state index contributed by atoms with van der Waals surface area (Å²) in [5.74, 6) is 1.27. The van der Waals surface area contributed by atoms with Crippen molar-refractivity contribution in [2.45, 2.75) is 18.3 Å². The maximum Gasteiger partial charge on any atom is 0.534 e. The second-order valence-corrected chi connectivity index (χ2v) is 11.1. The largest absolute Gasteiger partial charge is 0.534 e. The zero-order chi connectivity index (χ0) is 32.1. The van der Waals surface area contributed by atoms with Crippen molar-refractivity contribution in [2.75, 3.05) is 28.4 Å². The molecule has 0 bridgehead atoms. The predicted molar refractivity (Wildman–Crippen MR) is 163 cm³/mol. The Kier molecular flexibility index (Phi) is 9.78. The van der Waals surface area contributed by atoms with Crippen LogP contribution >= 0.6 is 0 Å². The number of methoxy groups -OCH3 is 4. The van der Waals surface area contributed by atoms with E-state index >= 15 is 0 Å². The molecular formula is C33H31F3O7S. The second-order valence-electron chi connectivity index (χ2n) is 9.58. The van der Waals surface area contributed by atoms with Crippen molar-refractivity contribution in [3.05, 3.63) is 96.1 Å². The third-order valence-corrected chi connectivity index (χ3v) is 7.91. The van der Waals surface area contributed by atoms with Crippen LogP contribution in [0.3, 0.4) is 0 Å². The van der Waals surface area contributed by atoms with E-state index in [1.54, 1.807) is 38.5 Å². The molecule has 0 saturated heterocycles. The third-order valence-electron chi connectivity index (χ3n) is 6.94. The smallest absolute Gasteiger partial charge is 0.497 e. The summed E-state index contributed by atoms with van der Waals surface area (Å²) in [6.07, 6.45) is 3.00. The maximum absolute atomic E-state index is 13.1. The Morgan fingerprint density at radius 3 is 1.77 bits per heavy atom. The van der Waals surface area contributed by atoms with E-state index in [4.69, 9.17) is 18.9 Å². The first-order valence-electron chi connectivity index (χ1n) is 13.3. The van der Waals surface area contributed by atoms with Crippen molar-refractivity contribution >= 4 is 16.2 Å². The first kappa shape index (κ1) is 32.3. The highest BCUT2D eigenvalue weighted by Crippen LogP contribution is 2.42. The van der Waals surface area contributed by atoms with Crippen LogP contribution in [0.15, 0.2) is 79.4 Å². The van der Waals surface area contributed by atoms with Gasteiger partial charge in [-0.05, 0) is 72.0 Å². The van der Waals surface area contributed by atoms with Gasteiger partial charge in [0.15, 0.2) is 5.75 Å². The Bertz CT molecular complexity index is 1770. The topological polar surface area (TPSA) is 80.3 Å². The molecule has 0 fully saturated rings. The molecule has 0 aromatic heterocycles. The van der Waals surface area contributed by atoms with Crippen LogP contribution in [0.2, 0.25) is 0 Å². The molecule has 0 amide bonds. The monoisotopic (exact) mass is 628 g/mol. The highest BCUT2D eigenvalue weighted by atomic mass is 32.2. The van der Waals surface area contributed by atoms with Crippen LogP contribution in [-0.4, -0.2) is 42.4 Å². The Labute approximate surface area is 254 Å². The molecule has 4 aromatic carbocycles. The van der Waals surface area contributed by atoms with Gasteiger partial charge < -0.3 is 23.1 Å². The van der Waals surface area contributed by atoms with Gasteiger partial charge in [-0.3, -0.25) is 0 Å². The summed E-state index contributed by atoms with van der Waals surface area (Å²) < 4.78 is 89.3. The summed E-state index contributed by atoms with van der Waals surface area (Å²) >= 11 is 0. The zero-order valence-corrected chi connectivity index (χ0v) is 25.3. The van der Waals surface area contributed by atoms with Crippen molar-refractivity contribution < 1.29 is 44.7 Å². The lowest BCUT2D eigenvalue weighted by Crippen LogP contribution is -2.28. The lowest BCUT2D eigenvalue weighted by molar-refractivity contribution is -0.0499. The molecule has 0 N–H and O–H groups in total. The molecule has 0 heterocycles. The molecular weight excluding hydrogens is 597 g/mol. The molecule has 0 spiro atoms. The van der Waals surface area contributed by atoms with Crippen LogP contribution < -0.4 is 23.1 Å². The Hall–Kier alpha value is -4.64. The van der Waals surface area contributed by atoms with Crippen LogP contribution in [0.4, 0.5) is 13.2 Å². The minimum Gasteiger partial charge on any atom is -0.497 e. The van der Waals surface area contributed by atoms with Crippen molar-refractivity contribution in [3.63, 3.8) is 0 Å². The average Bonchev–Trinajstić information content (AvgIpc) is 3.02. The summed E-state index contributed by atoms with van der Waals surface area (Å²) in [4.78, 5) is 0. The van der Waals surface area contributed by atoms with E-state index in [0.717, 1.165) is 33.9 Å². The summed E-state index contributed by atoms with van der Waals surface area (Å²) in [5, 5.41) is 0. The summed E-state index contributed by atoms with van der Waals surface area (Å²) in [6.45, 7) is 3.85. The number of aryl methyl sites for hydroxylation is 2. The summed E-state index contributed by atoms with van der Waals surface area (Å²) in [6, 6.07) is 20.8. The van der Waals surface area contributed by atoms with E-state index in [1.165, 1.54) is 26.4 Å². The van der Waals surface area contributed by atoms with Crippen molar-refractivity contribution in [3.8, 4) is 51.0 Å². The van der Waals surface area contributed by atoms with Crippen LogP contribution in [0.25, 0.3) is 28.3 Å². The molecule has 44 heavy (non-hydrogen) atoms. The van der Waals surface area contributed by atoms with Gasteiger partial charge in [-0.2, -0.15) is 21.6 Å². The molecule has 11 heteroatoms. The lowest BCUT2D eigenvalue weighted by atomic mass is 9.95. The van der Waals surface area contributed by atoms with E-state index < -0.39 is 21.4 Å². The van der Waals surface area contributed by atoms with Crippen molar-refractivity contribution in [2.24, 2.45) is 0 Å². The van der Waals surface area contributed by atoms with Crippen LogP contribution in [0, 0.1) is 0 Å². The molecule has 0 saturated carbocycles. The van der Waals surface area contributed by atoms with Gasteiger partial charge in [0, 0.05) is 28.3 Å². The van der Waals surface area contributed by atoms with Crippen LogP contribution in [0.1, 0.15) is 16.7 Å². The number of ether oxygens (including phenoxy) is 4. The molecule has 0 aliphatic heterocycles. The van der Waals surface area contributed by atoms with Gasteiger partial charge in [0.25, 0.3) is 0 Å². The van der Waals surface area contributed by atoms with Crippen LogP contribution in [0.5, 0.6) is 28.7 Å². The standard InChI is InChI=1S/C33H31F3O7S/c1-6-21-10-15-29(40-3)27(17-21)28-18-22(11-16-30(28)41-4)7-8-23-9-13-25(31(19-23)42-5)26-14-12-24(39-2)20-32(26)43-44(37,38)33(34,35)36/h6,9-20H,1,7-8H2,2-5H3. The summed E-state index contributed by atoms with van der Waals surface area (Å²) in [5.41, 5.74) is -0.626. The SMILES string of the molecule is C=Cc1ccc(OC)c(-c2cc(CCc3ccc(-c4ccc(OC)cc4OS(=O)(=O)C(F)(F)F)c(OC)c3)ccc2OC)c1. The minimum absolute atomic E-state index is 0.0810. The quantitative estimate of drug-likeness (QED) is 0.117. The van der Waals surface area contributed by atoms with Gasteiger partial charge in [-0.15, -0.1) is 0 Å². The lowest BCUT2D eigenvalue weighted by Gasteiger charge is -2.17. The maximum atomic E-state index is 13.1. The number of hydrogen-bond donors (Lipinski definition) is 0. The molecule has 0 unspecified atom stereocenters. The van der Waals surface area contributed by atoms with E-state index in [0.29, 0.717) is 35.7 Å². The van der Waals surface area contributed by atoms with Gasteiger partial charge in [-0.1, -0.05) is 36.9 Å². The molecule has 232 valence electrons. The first-order chi connectivity index (χ1) is 20.9. The Morgan fingerprint density at radius 1 is 0.636 bits per heavy atom. The fraction of sp³-hybridized carbons (Fsp3) is 0.212. The number of alkyl halides is 3. The van der Waals surface area contributed by atoms with Gasteiger partial charge in [-0.25, -0.2) is 0 Å². The van der Waals surface area contributed by atoms with Gasteiger partial charge in [0.05, 0.1) is 28.4 Å². The predicted octanol–water partition coefficient (Wildman–Crippen LogP) is 7.71. The average molecular weight is 629 g/mol. The normalized spacial score (nSPS) is 11.5. The number of hydrogen-bond acceptors (Lipinski definition) is 7. The number of benzene rings is 4. The highest BCUT2D eigenvalue weighted by Gasteiger charge is 2.49. The molecule has 7 nitrogen and oxygen atoms in total. The Morgan fingerprint density at radius 2 is 1.18 bits per heavy atom.